The van der Waals surface area contributed by atoms with E-state index in [2.05, 4.69) is 42.0 Å². The van der Waals surface area contributed by atoms with Gasteiger partial charge in [0.15, 0.2) is 5.88 Å². The lowest BCUT2D eigenvalue weighted by Crippen LogP contribution is -2.14. The van der Waals surface area contributed by atoms with Gasteiger partial charge in [0.25, 0.3) is 0 Å². The Balaban J connectivity index is 1.66. The average molecular weight is 491 g/mol. The monoisotopic (exact) mass is 489 g/mol. The highest BCUT2D eigenvalue weighted by molar-refractivity contribution is 9.11. The van der Waals surface area contributed by atoms with E-state index in [1.807, 2.05) is 36.4 Å². The molecule has 2 aliphatic heterocycles. The van der Waals surface area contributed by atoms with Crippen molar-refractivity contribution in [2.45, 2.75) is 6.10 Å². The number of aromatic hydroxyl groups is 1. The normalized spacial score (nSPS) is 19.4. The first-order valence-electron chi connectivity index (χ1n) is 8.32. The third kappa shape index (κ3) is 2.97. The second-order valence-corrected chi connectivity index (χ2v) is 8.09. The Morgan fingerprint density at radius 3 is 2.96 bits per heavy atom. The third-order valence-corrected chi connectivity index (χ3v) is 5.64. The summed E-state index contributed by atoms with van der Waals surface area (Å²) in [4.78, 5) is 13.3. The van der Waals surface area contributed by atoms with Crippen LogP contribution in [0.5, 0.6) is 5.88 Å². The van der Waals surface area contributed by atoms with Gasteiger partial charge in [-0.3, -0.25) is 0 Å². The van der Waals surface area contributed by atoms with E-state index in [0.717, 1.165) is 31.1 Å². The number of ether oxygens (including phenoxy) is 1. The summed E-state index contributed by atoms with van der Waals surface area (Å²) in [5.74, 6) is 0.0424. The molecule has 136 valence electrons. The molecule has 1 aromatic heterocycles. The molecule has 8 heteroatoms. The summed E-state index contributed by atoms with van der Waals surface area (Å²) in [7, 11) is 0. The Morgan fingerprint density at radius 1 is 1.30 bits per heavy atom. The van der Waals surface area contributed by atoms with E-state index in [4.69, 9.17) is 14.6 Å². The lowest BCUT2D eigenvalue weighted by molar-refractivity contribution is 0.125. The molecule has 3 heterocycles. The first kappa shape index (κ1) is 17.0. The highest BCUT2D eigenvalue weighted by Crippen LogP contribution is 2.38. The topological polar surface area (TPSA) is 82.5 Å². The maximum absolute atomic E-state index is 10.6. The van der Waals surface area contributed by atoms with Crippen molar-refractivity contribution in [3.63, 3.8) is 0 Å². The highest BCUT2D eigenvalue weighted by atomic mass is 79.9. The van der Waals surface area contributed by atoms with Crippen LogP contribution >= 0.6 is 31.9 Å². The van der Waals surface area contributed by atoms with Gasteiger partial charge in [0.05, 0.1) is 23.4 Å². The van der Waals surface area contributed by atoms with Gasteiger partial charge in [0.2, 0.25) is 0 Å². The van der Waals surface area contributed by atoms with E-state index in [0.29, 0.717) is 30.2 Å². The molecule has 5 rings (SSSR count). The predicted octanol–water partition coefficient (Wildman–Crippen LogP) is 4.65. The number of aliphatic imine (C=N–C) groups is 1. The Kier molecular flexibility index (Phi) is 4.07. The van der Waals surface area contributed by atoms with Crippen LogP contribution in [0.3, 0.4) is 0 Å². The van der Waals surface area contributed by atoms with Gasteiger partial charge >= 0.3 is 0 Å². The molecule has 0 radical (unpaired) electrons. The van der Waals surface area contributed by atoms with Gasteiger partial charge in [-0.1, -0.05) is 33.2 Å². The number of aromatic amines is 1. The van der Waals surface area contributed by atoms with Crippen molar-refractivity contribution in [1.82, 2.24) is 4.98 Å². The van der Waals surface area contributed by atoms with Gasteiger partial charge in [-0.2, -0.15) is 0 Å². The summed E-state index contributed by atoms with van der Waals surface area (Å²) >= 11 is 6.99. The van der Waals surface area contributed by atoms with E-state index in [1.54, 1.807) is 0 Å². The summed E-state index contributed by atoms with van der Waals surface area (Å²) in [6.45, 7) is 1.10. The van der Waals surface area contributed by atoms with Crippen LogP contribution in [0.4, 0.5) is 5.69 Å². The molecule has 2 aromatic carbocycles. The molecule has 0 saturated carbocycles. The summed E-state index contributed by atoms with van der Waals surface area (Å²) in [5.41, 5.74) is 4.19. The zero-order chi connectivity index (χ0) is 18.5. The molecular weight excluding hydrogens is 478 g/mol. The Morgan fingerprint density at radius 2 is 2.15 bits per heavy atom. The first-order valence-corrected chi connectivity index (χ1v) is 9.90. The van der Waals surface area contributed by atoms with Crippen LogP contribution in [0.25, 0.3) is 10.9 Å². The van der Waals surface area contributed by atoms with Crippen LogP contribution in [0, 0.1) is 0 Å². The van der Waals surface area contributed by atoms with Crippen LogP contribution in [0.2, 0.25) is 0 Å². The standard InChI is InChI=1S/C19H13Br2N3O3/c20-9-4-5-11-14(6-9)22-18(17(11)24-27-8-10-7-26-10)15-12-2-1-3-13(21)16(12)23-19(15)25/h1-6,10,23,25H,7-8H2/b24-17+. The summed E-state index contributed by atoms with van der Waals surface area (Å²) < 4.78 is 6.95. The number of hydrogen-bond donors (Lipinski definition) is 2. The molecule has 1 atom stereocenters. The molecule has 1 fully saturated rings. The molecule has 1 saturated heterocycles. The number of rotatable bonds is 4. The van der Waals surface area contributed by atoms with Gasteiger partial charge < -0.3 is 19.7 Å². The van der Waals surface area contributed by atoms with E-state index < -0.39 is 0 Å². The molecule has 0 spiro atoms. The summed E-state index contributed by atoms with van der Waals surface area (Å²) in [5, 5.41) is 15.8. The number of halogens is 2. The Bertz CT molecular complexity index is 1130. The SMILES string of the molecule is Oc1[nH]c2c(Br)cccc2c1C1=Nc2cc(Br)ccc2/C1=N\OCC1CO1. The maximum Gasteiger partial charge on any atom is 0.199 e. The zero-order valence-electron chi connectivity index (χ0n) is 13.9. The highest BCUT2D eigenvalue weighted by Gasteiger charge is 2.30. The number of hydrogen-bond acceptors (Lipinski definition) is 5. The van der Waals surface area contributed by atoms with E-state index in [-0.39, 0.29) is 12.0 Å². The van der Waals surface area contributed by atoms with Crippen molar-refractivity contribution in [2.75, 3.05) is 13.2 Å². The molecule has 1 unspecified atom stereocenters. The fourth-order valence-corrected chi connectivity index (χ4v) is 3.94. The molecule has 0 aliphatic carbocycles. The molecule has 0 amide bonds. The third-order valence-electron chi connectivity index (χ3n) is 4.49. The van der Waals surface area contributed by atoms with Crippen LogP contribution in [-0.2, 0) is 9.57 Å². The number of H-pyrrole nitrogens is 1. The van der Waals surface area contributed by atoms with Crippen LogP contribution in [0.15, 0.2) is 55.5 Å². The number of nitrogens with one attached hydrogen (secondary N) is 1. The minimum Gasteiger partial charge on any atom is -0.494 e. The molecule has 6 nitrogen and oxygen atoms in total. The molecule has 27 heavy (non-hydrogen) atoms. The number of epoxide rings is 1. The fourth-order valence-electron chi connectivity index (χ4n) is 3.12. The lowest BCUT2D eigenvalue weighted by Gasteiger charge is -2.05. The fraction of sp³-hybridized carbons (Fsp3) is 0.158. The van der Waals surface area contributed by atoms with E-state index >= 15 is 0 Å². The second kappa shape index (κ2) is 6.47. The molecular formula is C19H13Br2N3O3. The minimum atomic E-state index is 0.0424. The largest absolute Gasteiger partial charge is 0.494 e. The predicted molar refractivity (Wildman–Crippen MR) is 110 cm³/mol. The van der Waals surface area contributed by atoms with Crippen molar-refractivity contribution in [3.8, 4) is 5.88 Å². The van der Waals surface area contributed by atoms with Crippen molar-refractivity contribution < 1.29 is 14.7 Å². The summed E-state index contributed by atoms with van der Waals surface area (Å²) in [6, 6.07) is 11.6. The van der Waals surface area contributed by atoms with Crippen LogP contribution in [-0.4, -0.2) is 40.8 Å². The average Bonchev–Trinajstić information content (AvgIpc) is 3.31. The Labute approximate surface area is 171 Å². The maximum atomic E-state index is 10.6. The van der Waals surface area contributed by atoms with Crippen molar-refractivity contribution in [2.24, 2.45) is 10.1 Å². The number of nitrogens with zero attached hydrogens (tertiary/aromatic N) is 2. The number of fused-ring (bicyclic) bond motifs is 2. The van der Waals surface area contributed by atoms with Crippen LogP contribution < -0.4 is 0 Å². The number of para-hydroxylation sites is 1. The smallest absolute Gasteiger partial charge is 0.199 e. The first-order chi connectivity index (χ1) is 13.1. The number of oxime groups is 1. The molecule has 2 N–H and O–H groups in total. The van der Waals surface area contributed by atoms with Gasteiger partial charge in [-0.05, 0) is 40.2 Å². The van der Waals surface area contributed by atoms with Gasteiger partial charge in [-0.15, -0.1) is 0 Å². The van der Waals surface area contributed by atoms with Crippen LogP contribution in [0.1, 0.15) is 11.1 Å². The van der Waals surface area contributed by atoms with E-state index in [1.165, 1.54) is 0 Å². The number of aromatic nitrogens is 1. The minimum absolute atomic E-state index is 0.0424. The zero-order valence-corrected chi connectivity index (χ0v) is 17.0. The molecule has 2 aliphatic rings. The quantitative estimate of drug-likeness (QED) is 0.412. The van der Waals surface area contributed by atoms with Crippen molar-refractivity contribution in [3.05, 3.63) is 56.5 Å². The van der Waals surface area contributed by atoms with Gasteiger partial charge in [-0.25, -0.2) is 4.99 Å². The van der Waals surface area contributed by atoms with Crippen molar-refractivity contribution in [1.29, 1.82) is 0 Å². The molecule has 3 aromatic rings. The lowest BCUT2D eigenvalue weighted by atomic mass is 10.0. The second-order valence-electron chi connectivity index (χ2n) is 6.32. The molecule has 0 bridgehead atoms. The van der Waals surface area contributed by atoms with Gasteiger partial charge in [0.1, 0.15) is 24.1 Å². The van der Waals surface area contributed by atoms with E-state index in [9.17, 15) is 5.11 Å². The summed E-state index contributed by atoms with van der Waals surface area (Å²) in [6.07, 6.45) is 0.109. The number of benzene rings is 2. The Hall–Kier alpha value is -2.16. The van der Waals surface area contributed by atoms with Gasteiger partial charge in [0, 0.05) is 19.9 Å². The van der Waals surface area contributed by atoms with Crippen molar-refractivity contribution >= 4 is 59.9 Å².